The van der Waals surface area contributed by atoms with Gasteiger partial charge >= 0.3 is 39.5 Å². The van der Waals surface area contributed by atoms with Crippen molar-refractivity contribution in [3.63, 3.8) is 0 Å². The van der Waals surface area contributed by atoms with E-state index in [2.05, 4.69) is 55.4 Å². The van der Waals surface area contributed by atoms with Gasteiger partial charge in [0.25, 0.3) is 0 Å². The fourth-order valence-corrected chi connectivity index (χ4v) is 16.1. The fraction of sp³-hybridized carbons (Fsp3) is 0.957. The molecule has 0 aromatic heterocycles. The molecule has 112 heavy (non-hydrogen) atoms. The quantitative estimate of drug-likeness (QED) is 0.0222. The number of unbranched alkanes of at least 4 members (excludes halogenated alkanes) is 55. The van der Waals surface area contributed by atoms with Gasteiger partial charge in [-0.25, -0.2) is 9.13 Å². The molecule has 0 radical (unpaired) electrons. The number of carbonyl (C=O) groups is 4. The van der Waals surface area contributed by atoms with Crippen molar-refractivity contribution in [3.8, 4) is 0 Å². The SMILES string of the molecule is CCC(C)CCCCCCCCCCCCCCCCCCCCC(=O)O[C@H](COC(=O)CCCCCCCCCC(C)C)COP(=O)(O)OCC(O)COP(=O)(O)OC[C@@H](COC(=O)CCCCCCCCCCCCCCCCCCC(C)C)OC(=O)CCCCCCCCCCCCCCCCCCCCC(C)C. The van der Waals surface area contributed by atoms with Gasteiger partial charge in [-0.1, -0.05) is 441 Å². The summed E-state index contributed by atoms with van der Waals surface area (Å²) in [6.07, 6.45) is 73.8. The number of aliphatic hydroxyl groups excluding tert-OH is 1. The monoisotopic (exact) mass is 1630 g/mol. The van der Waals surface area contributed by atoms with Gasteiger partial charge in [0.15, 0.2) is 12.2 Å². The first-order valence-electron chi connectivity index (χ1n) is 47.7. The summed E-state index contributed by atoms with van der Waals surface area (Å²) in [6.45, 7) is 14.4. The second-order valence-corrected chi connectivity index (χ2v) is 38.0. The molecule has 0 bridgehead atoms. The molecule has 0 aromatic carbocycles. The van der Waals surface area contributed by atoms with Crippen molar-refractivity contribution in [2.24, 2.45) is 23.7 Å². The topological polar surface area (TPSA) is 237 Å². The molecule has 0 amide bonds. The molecule has 0 fully saturated rings. The molecule has 19 heteroatoms. The molecule has 0 aliphatic rings. The first kappa shape index (κ1) is 110. The van der Waals surface area contributed by atoms with E-state index in [-0.39, 0.29) is 25.7 Å². The molecule has 0 saturated carbocycles. The summed E-state index contributed by atoms with van der Waals surface area (Å²) >= 11 is 0. The van der Waals surface area contributed by atoms with Crippen molar-refractivity contribution in [1.29, 1.82) is 0 Å². The lowest BCUT2D eigenvalue weighted by Crippen LogP contribution is -2.30. The van der Waals surface area contributed by atoms with Gasteiger partial charge in [0, 0.05) is 25.7 Å². The number of phosphoric ester groups is 2. The zero-order valence-electron chi connectivity index (χ0n) is 74.3. The Labute approximate surface area is 689 Å². The summed E-state index contributed by atoms with van der Waals surface area (Å²) in [7, 11) is -9.94. The van der Waals surface area contributed by atoms with E-state index in [4.69, 9.17) is 37.0 Å². The molecule has 6 atom stereocenters. The Kier molecular flexibility index (Phi) is 80.0. The van der Waals surface area contributed by atoms with Gasteiger partial charge in [0.05, 0.1) is 26.4 Å². The Bertz CT molecular complexity index is 2170. The van der Waals surface area contributed by atoms with E-state index < -0.39 is 97.5 Å². The van der Waals surface area contributed by atoms with Crippen molar-refractivity contribution >= 4 is 39.5 Å². The number of carbonyl (C=O) groups excluding carboxylic acids is 4. The maximum atomic E-state index is 13.2. The lowest BCUT2D eigenvalue weighted by atomic mass is 9.99. The number of ether oxygens (including phenoxy) is 4. The molecular formula is C93H182O17P2. The first-order valence-corrected chi connectivity index (χ1v) is 50.7. The number of hydrogen-bond acceptors (Lipinski definition) is 15. The van der Waals surface area contributed by atoms with Crippen molar-refractivity contribution in [3.05, 3.63) is 0 Å². The average Bonchev–Trinajstić information content (AvgIpc) is 0.897. The van der Waals surface area contributed by atoms with Gasteiger partial charge < -0.3 is 33.8 Å². The van der Waals surface area contributed by atoms with Crippen LogP contribution in [0.4, 0.5) is 0 Å². The number of esters is 4. The molecule has 0 aliphatic carbocycles. The molecule has 0 heterocycles. The molecule has 17 nitrogen and oxygen atoms in total. The van der Waals surface area contributed by atoms with Crippen LogP contribution in [0.5, 0.6) is 0 Å². The van der Waals surface area contributed by atoms with Crippen LogP contribution in [0.3, 0.4) is 0 Å². The van der Waals surface area contributed by atoms with Crippen LogP contribution in [-0.4, -0.2) is 96.7 Å². The van der Waals surface area contributed by atoms with Crippen molar-refractivity contribution in [1.82, 2.24) is 0 Å². The highest BCUT2D eigenvalue weighted by molar-refractivity contribution is 7.47. The molecule has 4 unspecified atom stereocenters. The number of phosphoric acid groups is 2. The van der Waals surface area contributed by atoms with Gasteiger partial charge in [-0.05, 0) is 49.4 Å². The predicted molar refractivity (Wildman–Crippen MR) is 464 cm³/mol. The molecule has 0 saturated heterocycles. The van der Waals surface area contributed by atoms with Gasteiger partial charge in [0.2, 0.25) is 0 Å². The van der Waals surface area contributed by atoms with Crippen LogP contribution in [0.1, 0.15) is 492 Å². The van der Waals surface area contributed by atoms with Crippen LogP contribution in [-0.2, 0) is 65.4 Å². The summed E-state index contributed by atoms with van der Waals surface area (Å²) in [5, 5.41) is 10.7. The summed E-state index contributed by atoms with van der Waals surface area (Å²) in [5.41, 5.74) is 0. The Morgan fingerprint density at radius 1 is 0.250 bits per heavy atom. The Balaban J connectivity index is 5.21. The minimum absolute atomic E-state index is 0.108. The Hall–Kier alpha value is -1.94. The Morgan fingerprint density at radius 3 is 0.634 bits per heavy atom. The summed E-state index contributed by atoms with van der Waals surface area (Å²) in [5.74, 6) is 1.11. The smallest absolute Gasteiger partial charge is 0.462 e. The summed E-state index contributed by atoms with van der Waals surface area (Å²) < 4.78 is 69.1. The van der Waals surface area contributed by atoms with Crippen molar-refractivity contribution in [2.75, 3.05) is 39.6 Å². The highest BCUT2D eigenvalue weighted by Gasteiger charge is 2.31. The predicted octanol–water partition coefficient (Wildman–Crippen LogP) is 28.7. The zero-order chi connectivity index (χ0) is 82.3. The number of hydrogen-bond donors (Lipinski definition) is 3. The van der Waals surface area contributed by atoms with Gasteiger partial charge in [-0.3, -0.25) is 37.3 Å². The van der Waals surface area contributed by atoms with E-state index in [1.54, 1.807) is 0 Å². The molecular weight excluding hydrogens is 1450 g/mol. The molecule has 0 spiro atoms. The molecule has 0 aromatic rings. The van der Waals surface area contributed by atoms with Crippen molar-refractivity contribution < 1.29 is 80.2 Å². The van der Waals surface area contributed by atoms with Gasteiger partial charge in [0.1, 0.15) is 19.3 Å². The number of aliphatic hydroxyl groups is 1. The van der Waals surface area contributed by atoms with E-state index in [9.17, 15) is 43.2 Å². The first-order chi connectivity index (χ1) is 54.1. The third-order valence-electron chi connectivity index (χ3n) is 22.2. The lowest BCUT2D eigenvalue weighted by Gasteiger charge is -2.21. The maximum absolute atomic E-state index is 13.2. The van der Waals surface area contributed by atoms with E-state index in [1.165, 1.54) is 289 Å². The summed E-state index contributed by atoms with van der Waals surface area (Å²) in [6, 6.07) is 0. The minimum atomic E-state index is -4.97. The average molecular weight is 1630 g/mol. The van der Waals surface area contributed by atoms with Crippen LogP contribution < -0.4 is 0 Å². The largest absolute Gasteiger partial charge is 0.472 e. The standard InChI is InChI=1S/C93H182O17P2/c1-9-86(8)72-64-56-48-40-34-28-22-15-11-13-17-25-31-37-43-51-60-68-76-93(98)110-89(80-104-91(96)74-66-58-52-44-47-55-63-71-85(6)7)82-108-112(101,102)106-78-87(94)77-105-111(99,100)107-81-88(79-103-90(95)73-65-57-49-41-35-29-23-19-18-21-27-33-39-46-54-62-70-84(4)5)109-92(97)75-67-59-50-42-36-30-24-16-12-10-14-20-26-32-38-45-53-61-69-83(2)3/h83-89,94H,9-82H2,1-8H3,(H,99,100)(H,101,102)/t86?,87?,88-,89-/m1/s1. The van der Waals surface area contributed by atoms with E-state index in [1.807, 2.05) is 0 Å². The van der Waals surface area contributed by atoms with Gasteiger partial charge in [-0.2, -0.15) is 0 Å². The highest BCUT2D eigenvalue weighted by Crippen LogP contribution is 2.45. The van der Waals surface area contributed by atoms with E-state index in [0.29, 0.717) is 31.6 Å². The van der Waals surface area contributed by atoms with Crippen LogP contribution in [0.25, 0.3) is 0 Å². The molecule has 0 aliphatic heterocycles. The van der Waals surface area contributed by atoms with E-state index >= 15 is 0 Å². The van der Waals surface area contributed by atoms with Crippen molar-refractivity contribution in [2.45, 2.75) is 510 Å². The normalized spacial score (nSPS) is 14.1. The second-order valence-electron chi connectivity index (χ2n) is 35.1. The van der Waals surface area contributed by atoms with Gasteiger partial charge in [-0.15, -0.1) is 0 Å². The number of rotatable bonds is 90. The van der Waals surface area contributed by atoms with Crippen LogP contribution >= 0.6 is 15.6 Å². The fourth-order valence-electron chi connectivity index (χ4n) is 14.5. The molecule has 0 rings (SSSR count). The van der Waals surface area contributed by atoms with Crippen LogP contribution in [0.2, 0.25) is 0 Å². The molecule has 3 N–H and O–H groups in total. The lowest BCUT2D eigenvalue weighted by molar-refractivity contribution is -0.161. The summed E-state index contributed by atoms with van der Waals surface area (Å²) in [4.78, 5) is 73.4. The van der Waals surface area contributed by atoms with Crippen LogP contribution in [0.15, 0.2) is 0 Å². The zero-order valence-corrected chi connectivity index (χ0v) is 76.1. The maximum Gasteiger partial charge on any atom is 0.472 e. The third kappa shape index (κ3) is 84.5. The third-order valence-corrected chi connectivity index (χ3v) is 24.1. The second kappa shape index (κ2) is 81.4. The van der Waals surface area contributed by atoms with Crippen LogP contribution in [0, 0.1) is 23.7 Å². The van der Waals surface area contributed by atoms with E-state index in [0.717, 1.165) is 114 Å². The minimum Gasteiger partial charge on any atom is -0.462 e. The molecule has 666 valence electrons. The highest BCUT2D eigenvalue weighted by atomic mass is 31.2. The Morgan fingerprint density at radius 2 is 0.429 bits per heavy atom.